The van der Waals surface area contributed by atoms with E-state index in [1.54, 1.807) is 0 Å². The summed E-state index contributed by atoms with van der Waals surface area (Å²) in [4.78, 5) is 2.15. The fourth-order valence-corrected chi connectivity index (χ4v) is 7.48. The molecule has 1 unspecified atom stereocenters. The molecule has 2 nitrogen and oxygen atoms in total. The summed E-state index contributed by atoms with van der Waals surface area (Å²) in [5.41, 5.74) is 8.61. The summed E-state index contributed by atoms with van der Waals surface area (Å²) < 4.78 is 47.8. The van der Waals surface area contributed by atoms with E-state index in [-0.39, 0.29) is 12.1 Å². The normalized spacial score (nSPS) is 17.3. The van der Waals surface area contributed by atoms with Crippen molar-refractivity contribution in [3.63, 3.8) is 0 Å². The van der Waals surface area contributed by atoms with Gasteiger partial charge < -0.3 is 9.47 Å². The molecule has 0 bridgehead atoms. The number of hydrogen-bond acceptors (Lipinski definition) is 1. The molecule has 0 saturated carbocycles. The number of para-hydroxylation sites is 4. The van der Waals surface area contributed by atoms with Gasteiger partial charge in [0.25, 0.3) is 0 Å². The van der Waals surface area contributed by atoms with Gasteiger partial charge in [-0.25, -0.2) is 0 Å². The van der Waals surface area contributed by atoms with Gasteiger partial charge in [-0.15, -0.1) is 0 Å². The second-order valence-electron chi connectivity index (χ2n) is 12.8. The van der Waals surface area contributed by atoms with Gasteiger partial charge in [-0.05, 0) is 88.0 Å². The Labute approximate surface area is 294 Å². The van der Waals surface area contributed by atoms with Gasteiger partial charge in [0.2, 0.25) is 0 Å². The fraction of sp³-hybridized carbons (Fsp3) is 0.0638. The van der Waals surface area contributed by atoms with Crippen LogP contribution in [0.4, 0.5) is 17.1 Å². The SMILES string of the molecule is [2H]/C(=C(/[2H])c1ccc2c(c1)C(C)(C([2H])([2H])[2H])c1c-2ccc2c3ccccc3n(-c3ccccc3)c12)c1ccc(N(c2ccccc2)c2ccccc2)cc1. The lowest BCUT2D eigenvalue weighted by atomic mass is 9.81. The van der Waals surface area contributed by atoms with Gasteiger partial charge in [0.05, 0.1) is 13.8 Å². The predicted molar refractivity (Wildman–Crippen MR) is 208 cm³/mol. The van der Waals surface area contributed by atoms with Gasteiger partial charge >= 0.3 is 0 Å². The van der Waals surface area contributed by atoms with Gasteiger partial charge in [-0.2, -0.15) is 0 Å². The van der Waals surface area contributed by atoms with E-state index in [9.17, 15) is 1.37 Å². The maximum Gasteiger partial charge on any atom is 0.0629 e. The van der Waals surface area contributed by atoms with Crippen molar-refractivity contribution >= 4 is 51.0 Å². The Hall–Kier alpha value is -6.12. The number of fused-ring (bicyclic) bond motifs is 7. The van der Waals surface area contributed by atoms with E-state index >= 15 is 0 Å². The number of nitrogens with zero attached hydrogens (tertiary/aromatic N) is 2. The van der Waals surface area contributed by atoms with E-state index in [4.69, 9.17) is 5.48 Å². The molecule has 7 aromatic carbocycles. The van der Waals surface area contributed by atoms with Crippen molar-refractivity contribution in [2.75, 3.05) is 4.90 Å². The van der Waals surface area contributed by atoms with Crippen molar-refractivity contribution in [1.29, 1.82) is 0 Å². The third-order valence-electron chi connectivity index (χ3n) is 9.70. The van der Waals surface area contributed by atoms with Crippen LogP contribution in [-0.2, 0) is 5.41 Å². The highest BCUT2D eigenvalue weighted by atomic mass is 15.1. The maximum atomic E-state index is 9.26. The fourth-order valence-electron chi connectivity index (χ4n) is 7.48. The third kappa shape index (κ3) is 4.79. The zero-order valence-corrected chi connectivity index (χ0v) is 27.1. The summed E-state index contributed by atoms with van der Waals surface area (Å²) in [7, 11) is 0. The molecule has 0 amide bonds. The van der Waals surface area contributed by atoms with E-state index in [1.165, 1.54) is 0 Å². The first-order valence-corrected chi connectivity index (χ1v) is 16.6. The van der Waals surface area contributed by atoms with E-state index in [2.05, 4.69) is 70.1 Å². The van der Waals surface area contributed by atoms with Crippen LogP contribution in [0, 0.1) is 0 Å². The van der Waals surface area contributed by atoms with E-state index in [0.29, 0.717) is 16.7 Å². The first-order chi connectivity index (χ1) is 26.2. The zero-order chi connectivity index (χ0) is 37.2. The summed E-state index contributed by atoms with van der Waals surface area (Å²) in [6.07, 6.45) is 0. The Morgan fingerprint density at radius 2 is 1.14 bits per heavy atom. The molecule has 1 heterocycles. The highest BCUT2D eigenvalue weighted by Gasteiger charge is 2.38. The summed E-state index contributed by atoms with van der Waals surface area (Å²) in [6, 6.07) is 56.1. The summed E-state index contributed by atoms with van der Waals surface area (Å²) >= 11 is 0. The van der Waals surface area contributed by atoms with Crippen LogP contribution in [0.3, 0.4) is 0 Å². The van der Waals surface area contributed by atoms with E-state index in [1.807, 2.05) is 116 Å². The number of rotatable bonds is 6. The molecular formula is C47H36N2. The number of aromatic nitrogens is 1. The maximum absolute atomic E-state index is 9.26. The van der Waals surface area contributed by atoms with Crippen LogP contribution >= 0.6 is 0 Å². The minimum Gasteiger partial charge on any atom is -0.311 e. The Kier molecular flexibility index (Phi) is 5.67. The van der Waals surface area contributed by atoms with Crippen LogP contribution in [-0.4, -0.2) is 4.57 Å². The standard InChI is InChI=1S/C47H36N2/c1-47(2)43-32-34(23-22-33-24-27-38(28-25-33)48(35-14-6-3-7-15-35)36-16-8-4-9-17-36)26-29-39(43)41-30-31-42-40-20-12-13-21-44(40)49(46(42)45(41)47)37-18-10-5-11-19-37/h3-32H,1-2H3/b23-22+/i1D3,22D,23D. The molecule has 0 saturated heterocycles. The predicted octanol–water partition coefficient (Wildman–Crippen LogP) is 12.7. The van der Waals surface area contributed by atoms with Gasteiger partial charge in [-0.1, -0.05) is 141 Å². The third-order valence-corrected chi connectivity index (χ3v) is 9.70. The molecule has 0 aliphatic heterocycles. The first-order valence-electron chi connectivity index (χ1n) is 19.1. The van der Waals surface area contributed by atoms with E-state index in [0.717, 1.165) is 61.2 Å². The summed E-state index contributed by atoms with van der Waals surface area (Å²) in [5, 5.41) is 2.05. The average molecular weight is 634 g/mol. The number of benzene rings is 7. The zero-order valence-electron chi connectivity index (χ0n) is 32.1. The molecule has 9 rings (SSSR count). The molecule has 8 aromatic rings. The van der Waals surface area contributed by atoms with Crippen LogP contribution in [0.25, 0.3) is 50.7 Å². The van der Waals surface area contributed by atoms with E-state index < -0.39 is 12.3 Å². The van der Waals surface area contributed by atoms with Crippen molar-refractivity contribution in [2.24, 2.45) is 0 Å². The highest BCUT2D eigenvalue weighted by Crippen LogP contribution is 2.53. The summed E-state index contributed by atoms with van der Waals surface area (Å²) in [6.45, 7) is -0.605. The second-order valence-corrected chi connectivity index (χ2v) is 12.8. The Balaban J connectivity index is 1.17. The minimum atomic E-state index is -2.42. The van der Waals surface area contributed by atoms with Crippen molar-refractivity contribution in [3.8, 4) is 16.8 Å². The largest absolute Gasteiger partial charge is 0.311 e. The van der Waals surface area contributed by atoms with Crippen molar-refractivity contribution in [3.05, 3.63) is 192 Å². The Morgan fingerprint density at radius 3 is 1.84 bits per heavy atom. The van der Waals surface area contributed by atoms with Crippen molar-refractivity contribution < 1.29 is 6.85 Å². The molecule has 49 heavy (non-hydrogen) atoms. The summed E-state index contributed by atoms with van der Waals surface area (Å²) in [5.74, 6) is 0. The topological polar surface area (TPSA) is 8.17 Å². The highest BCUT2D eigenvalue weighted by molar-refractivity contribution is 6.13. The number of hydrogen-bond donors (Lipinski definition) is 0. The first kappa shape index (κ1) is 24.1. The number of anilines is 3. The second kappa shape index (κ2) is 11.5. The Bertz CT molecular complexity index is 2680. The quantitative estimate of drug-likeness (QED) is 0.165. The molecule has 0 fully saturated rings. The van der Waals surface area contributed by atoms with Crippen LogP contribution in [0.2, 0.25) is 0 Å². The van der Waals surface area contributed by atoms with Gasteiger partial charge in [0.1, 0.15) is 0 Å². The van der Waals surface area contributed by atoms with Crippen LogP contribution in [0.1, 0.15) is 42.9 Å². The molecule has 1 aliphatic carbocycles. The molecule has 0 spiro atoms. The monoisotopic (exact) mass is 633 g/mol. The molecule has 2 heteroatoms. The molecule has 234 valence electrons. The molecule has 1 atom stereocenters. The molecule has 1 aliphatic rings. The smallest absolute Gasteiger partial charge is 0.0629 e. The van der Waals surface area contributed by atoms with Gasteiger partial charge in [0, 0.05) is 43.0 Å². The average Bonchev–Trinajstić information content (AvgIpc) is 3.68. The van der Waals surface area contributed by atoms with Crippen LogP contribution in [0.15, 0.2) is 170 Å². The molecular weight excluding hydrogens is 593 g/mol. The van der Waals surface area contributed by atoms with Gasteiger partial charge in [0.15, 0.2) is 0 Å². The minimum absolute atomic E-state index is 0.0286. The lowest BCUT2D eigenvalue weighted by Crippen LogP contribution is -2.16. The van der Waals surface area contributed by atoms with Crippen molar-refractivity contribution in [2.45, 2.75) is 19.2 Å². The van der Waals surface area contributed by atoms with Crippen molar-refractivity contribution in [1.82, 2.24) is 4.57 Å². The van der Waals surface area contributed by atoms with Crippen LogP contribution < -0.4 is 4.90 Å². The lowest BCUT2D eigenvalue weighted by Gasteiger charge is -2.25. The lowest BCUT2D eigenvalue weighted by molar-refractivity contribution is 0.663. The molecule has 0 radical (unpaired) electrons. The molecule has 0 N–H and O–H groups in total. The van der Waals surface area contributed by atoms with Gasteiger partial charge in [-0.3, -0.25) is 0 Å². The molecule has 1 aromatic heterocycles. The van der Waals surface area contributed by atoms with Crippen LogP contribution in [0.5, 0.6) is 0 Å². The Morgan fingerprint density at radius 1 is 0.571 bits per heavy atom.